The van der Waals surface area contributed by atoms with Crippen molar-refractivity contribution in [3.8, 4) is 0 Å². The molecule has 4 rings (SSSR count). The van der Waals surface area contributed by atoms with Gasteiger partial charge < -0.3 is 9.47 Å². The van der Waals surface area contributed by atoms with Crippen LogP contribution in [0, 0.1) is 39.9 Å². The maximum Gasteiger partial charge on any atom is 0.311 e. The Morgan fingerprint density at radius 3 is 2.48 bits per heavy atom. The van der Waals surface area contributed by atoms with Crippen LogP contribution >= 0.6 is 0 Å². The van der Waals surface area contributed by atoms with Gasteiger partial charge in [-0.15, -0.1) is 0 Å². The van der Waals surface area contributed by atoms with E-state index in [1.54, 1.807) is 0 Å². The van der Waals surface area contributed by atoms with Crippen molar-refractivity contribution in [2.45, 2.75) is 52.4 Å². The minimum atomic E-state index is -0.741. The third-order valence-electron chi connectivity index (χ3n) is 8.79. The monoisotopic (exact) mass is 374 g/mol. The van der Waals surface area contributed by atoms with Crippen molar-refractivity contribution in [3.63, 3.8) is 0 Å². The number of hydrogen-bond acceptors (Lipinski definition) is 5. The molecule has 0 saturated heterocycles. The Kier molecular flexibility index (Phi) is 3.93. The number of carbonyl (C=O) groups is 3. The zero-order chi connectivity index (χ0) is 19.8. The lowest BCUT2D eigenvalue weighted by Gasteiger charge is -2.50. The van der Waals surface area contributed by atoms with E-state index in [1.165, 1.54) is 14.2 Å². The van der Waals surface area contributed by atoms with Gasteiger partial charge in [-0.25, -0.2) is 0 Å². The van der Waals surface area contributed by atoms with E-state index in [0.717, 1.165) is 18.4 Å². The molecule has 4 aliphatic rings. The van der Waals surface area contributed by atoms with Crippen LogP contribution in [0.25, 0.3) is 0 Å². The Bertz CT molecular complexity index is 741. The lowest BCUT2D eigenvalue weighted by molar-refractivity contribution is -0.170. The molecule has 0 aromatic heterocycles. The Morgan fingerprint density at radius 1 is 1.15 bits per heavy atom. The highest BCUT2D eigenvalue weighted by molar-refractivity contribution is 5.88. The summed E-state index contributed by atoms with van der Waals surface area (Å²) in [4.78, 5) is 38.9. The van der Waals surface area contributed by atoms with E-state index in [1.807, 2.05) is 6.92 Å². The minimum Gasteiger partial charge on any atom is -0.469 e. The Morgan fingerprint density at radius 2 is 1.85 bits per heavy atom. The molecule has 5 nitrogen and oxygen atoms in total. The van der Waals surface area contributed by atoms with E-state index in [-0.39, 0.29) is 46.3 Å². The van der Waals surface area contributed by atoms with Crippen LogP contribution in [-0.2, 0) is 23.9 Å². The van der Waals surface area contributed by atoms with E-state index >= 15 is 0 Å². The van der Waals surface area contributed by atoms with Crippen molar-refractivity contribution in [1.29, 1.82) is 0 Å². The quantitative estimate of drug-likeness (QED) is 0.548. The minimum absolute atomic E-state index is 0.0892. The first-order chi connectivity index (χ1) is 12.7. The fraction of sp³-hybridized carbons (Fsp3) is 0.773. The molecule has 27 heavy (non-hydrogen) atoms. The summed E-state index contributed by atoms with van der Waals surface area (Å²) in [5.74, 6) is -0.852. The molecular formula is C22H30O5. The van der Waals surface area contributed by atoms with Gasteiger partial charge in [0.05, 0.1) is 25.6 Å². The van der Waals surface area contributed by atoms with Crippen molar-refractivity contribution in [2.24, 2.45) is 39.9 Å². The molecule has 7 atom stereocenters. The average Bonchev–Trinajstić information content (AvgIpc) is 3.05. The van der Waals surface area contributed by atoms with Crippen molar-refractivity contribution >= 4 is 17.7 Å². The summed E-state index contributed by atoms with van der Waals surface area (Å²) in [6.07, 6.45) is 4.39. The molecule has 0 amide bonds. The number of ether oxygens (including phenoxy) is 2. The van der Waals surface area contributed by atoms with E-state index in [4.69, 9.17) is 9.47 Å². The average molecular weight is 374 g/mol. The first-order valence-electron chi connectivity index (χ1n) is 10.0. The molecule has 5 heteroatoms. The van der Waals surface area contributed by atoms with Crippen molar-refractivity contribution in [1.82, 2.24) is 0 Å². The van der Waals surface area contributed by atoms with Gasteiger partial charge in [-0.1, -0.05) is 25.5 Å². The van der Waals surface area contributed by atoms with Gasteiger partial charge in [0.15, 0.2) is 0 Å². The van der Waals surface area contributed by atoms with Gasteiger partial charge >= 0.3 is 11.9 Å². The molecule has 148 valence electrons. The van der Waals surface area contributed by atoms with Crippen LogP contribution in [0.2, 0.25) is 0 Å². The Balaban J connectivity index is 1.94. The SMILES string of the molecule is C=C1C[C@]23C[C@@H]1C(=O)C[C@H]2[C@]1(C)CCC[C@@](C)(C(=O)OC)[C@H]1[C@@H]3C(=O)OC. The molecule has 0 radical (unpaired) electrons. The highest BCUT2D eigenvalue weighted by atomic mass is 16.5. The standard InChI is InChI=1S/C22H30O5/c1-12-10-22-11-13(12)14(23)9-15(22)20(2)7-6-8-21(3,19(25)27-5)17(20)16(22)18(24)26-4/h13,15-17H,1,6-11H2,2-5H3/t13-,15-,16+,17-,20-,21+,22-/m0/s1. The number of carbonyl (C=O) groups excluding carboxylic acids is 3. The van der Waals surface area contributed by atoms with Gasteiger partial charge in [-0.3, -0.25) is 14.4 Å². The number of rotatable bonds is 2. The van der Waals surface area contributed by atoms with Crippen LogP contribution in [0.1, 0.15) is 52.4 Å². The molecule has 4 fully saturated rings. The van der Waals surface area contributed by atoms with Crippen LogP contribution in [-0.4, -0.2) is 31.9 Å². The first-order valence-corrected chi connectivity index (χ1v) is 10.0. The second-order valence-corrected chi connectivity index (χ2v) is 9.79. The Labute approximate surface area is 160 Å². The summed E-state index contributed by atoms with van der Waals surface area (Å²) in [6.45, 7) is 8.33. The van der Waals surface area contributed by atoms with Gasteiger partial charge in [0.1, 0.15) is 5.78 Å². The number of methoxy groups -OCH3 is 2. The summed E-state index contributed by atoms with van der Waals surface area (Å²) in [7, 11) is 2.85. The second kappa shape index (κ2) is 5.68. The maximum atomic E-state index is 13.1. The van der Waals surface area contributed by atoms with E-state index in [2.05, 4.69) is 13.5 Å². The third kappa shape index (κ3) is 2.09. The van der Waals surface area contributed by atoms with Crippen molar-refractivity contribution in [2.75, 3.05) is 14.2 Å². The molecule has 2 bridgehead atoms. The fourth-order valence-electron chi connectivity index (χ4n) is 7.95. The summed E-state index contributed by atoms with van der Waals surface area (Å²) in [5, 5.41) is 0. The van der Waals surface area contributed by atoms with Crippen molar-refractivity contribution < 1.29 is 23.9 Å². The van der Waals surface area contributed by atoms with Gasteiger partial charge in [0.2, 0.25) is 0 Å². The second-order valence-electron chi connectivity index (χ2n) is 9.79. The summed E-state index contributed by atoms with van der Waals surface area (Å²) in [6, 6.07) is 0. The zero-order valence-corrected chi connectivity index (χ0v) is 16.8. The molecule has 0 unspecified atom stereocenters. The molecular weight excluding hydrogens is 344 g/mol. The van der Waals surface area contributed by atoms with E-state index < -0.39 is 11.3 Å². The van der Waals surface area contributed by atoms with Gasteiger partial charge in [-0.2, -0.15) is 0 Å². The third-order valence-corrected chi connectivity index (χ3v) is 8.79. The number of allylic oxidation sites excluding steroid dienone is 1. The van der Waals surface area contributed by atoms with Crippen LogP contribution in [0.3, 0.4) is 0 Å². The summed E-state index contributed by atoms with van der Waals surface area (Å²) >= 11 is 0. The topological polar surface area (TPSA) is 69.7 Å². The van der Waals surface area contributed by atoms with E-state index in [9.17, 15) is 14.4 Å². The number of esters is 2. The van der Waals surface area contributed by atoms with Crippen LogP contribution in [0.15, 0.2) is 12.2 Å². The van der Waals surface area contributed by atoms with Gasteiger partial charge in [0.25, 0.3) is 0 Å². The largest absolute Gasteiger partial charge is 0.469 e. The molecule has 0 heterocycles. The highest BCUT2D eigenvalue weighted by Gasteiger charge is 2.76. The van der Waals surface area contributed by atoms with Crippen LogP contribution in [0.5, 0.6) is 0 Å². The zero-order valence-electron chi connectivity index (χ0n) is 16.8. The number of ketones is 1. The van der Waals surface area contributed by atoms with Crippen LogP contribution in [0.4, 0.5) is 0 Å². The molecule has 1 spiro atoms. The van der Waals surface area contributed by atoms with Crippen LogP contribution < -0.4 is 0 Å². The van der Waals surface area contributed by atoms with E-state index in [0.29, 0.717) is 25.7 Å². The predicted molar refractivity (Wildman–Crippen MR) is 98.5 cm³/mol. The number of hydrogen-bond donors (Lipinski definition) is 0. The molecule has 0 aliphatic heterocycles. The smallest absolute Gasteiger partial charge is 0.311 e. The molecule has 0 aromatic rings. The molecule has 4 saturated carbocycles. The van der Waals surface area contributed by atoms with Gasteiger partial charge in [-0.05, 0) is 55.3 Å². The molecule has 4 aliphatic carbocycles. The number of Topliss-reactive ketones (excluding diaryl/α,β-unsaturated/α-hetero) is 1. The lowest BCUT2D eigenvalue weighted by atomic mass is 9.53. The normalized spacial score (nSPS) is 48.0. The summed E-state index contributed by atoms with van der Waals surface area (Å²) in [5.41, 5.74) is -0.360. The Hall–Kier alpha value is -1.65. The van der Waals surface area contributed by atoms with Crippen molar-refractivity contribution in [3.05, 3.63) is 12.2 Å². The maximum absolute atomic E-state index is 13.1. The predicted octanol–water partition coefficient (Wildman–Crippen LogP) is 3.32. The molecule has 0 aromatic carbocycles. The highest BCUT2D eigenvalue weighted by Crippen LogP contribution is 2.77. The first kappa shape index (κ1) is 18.7. The molecule has 0 N–H and O–H groups in total. The summed E-state index contributed by atoms with van der Waals surface area (Å²) < 4.78 is 10.5. The van der Waals surface area contributed by atoms with Gasteiger partial charge in [0, 0.05) is 12.3 Å². The fourth-order valence-corrected chi connectivity index (χ4v) is 7.95. The lowest BCUT2D eigenvalue weighted by Crippen LogP contribution is -2.51. The number of fused-ring (bicyclic) bond motifs is 3.